The van der Waals surface area contributed by atoms with Crippen molar-refractivity contribution in [2.75, 3.05) is 62.6 Å². The van der Waals surface area contributed by atoms with E-state index in [0.29, 0.717) is 75.9 Å². The molecule has 44 heavy (non-hydrogen) atoms. The van der Waals surface area contributed by atoms with Gasteiger partial charge < -0.3 is 41.2 Å². The summed E-state index contributed by atoms with van der Waals surface area (Å²) in [6.07, 6.45) is 5.34. The van der Waals surface area contributed by atoms with Gasteiger partial charge in [0.25, 0.3) is 0 Å². The zero-order valence-corrected chi connectivity index (χ0v) is 25.4. The average molecular weight is 605 g/mol. The minimum Gasteiger partial charge on any atom is -0.497 e. The third-order valence-corrected chi connectivity index (χ3v) is 8.08. The summed E-state index contributed by atoms with van der Waals surface area (Å²) in [5.74, 6) is 3.75. The first-order chi connectivity index (χ1) is 21.6. The van der Waals surface area contributed by atoms with Crippen LogP contribution in [0.3, 0.4) is 0 Å². The lowest BCUT2D eigenvalue weighted by Gasteiger charge is -2.23. The molecule has 2 saturated carbocycles. The molecule has 2 aliphatic carbocycles. The second kappa shape index (κ2) is 16.2. The normalized spacial score (nSPS) is 18.6. The van der Waals surface area contributed by atoms with Crippen LogP contribution in [0.4, 0.5) is 23.5 Å². The number of carbonyl (C=O) groups excluding carboxylic acids is 1. The molecule has 6 N–H and O–H groups in total. The quantitative estimate of drug-likeness (QED) is 0.135. The highest BCUT2D eigenvalue weighted by Crippen LogP contribution is 2.45. The Bertz CT molecular complexity index is 1320. The van der Waals surface area contributed by atoms with Crippen LogP contribution in [0.5, 0.6) is 5.75 Å². The molecule has 0 aliphatic heterocycles. The number of carbonyl (C=O) groups is 1. The molecule has 0 spiro atoms. The van der Waals surface area contributed by atoms with Crippen molar-refractivity contribution in [3.63, 3.8) is 0 Å². The molecule has 12 heteroatoms. The zero-order valence-electron chi connectivity index (χ0n) is 25.4. The smallest absolute Gasteiger partial charge is 0.233 e. The third-order valence-electron chi connectivity index (χ3n) is 8.08. The van der Waals surface area contributed by atoms with E-state index in [4.69, 9.17) is 29.9 Å². The Morgan fingerprint density at radius 1 is 0.864 bits per heavy atom. The van der Waals surface area contributed by atoms with Crippen molar-refractivity contribution < 1.29 is 19.0 Å². The van der Waals surface area contributed by atoms with Gasteiger partial charge in [0.1, 0.15) is 5.75 Å². The van der Waals surface area contributed by atoms with Crippen molar-refractivity contribution >= 4 is 29.4 Å². The van der Waals surface area contributed by atoms with E-state index in [0.717, 1.165) is 28.5 Å². The number of nitrogens with two attached hydrogens (primary N) is 1. The molecule has 3 atom stereocenters. The zero-order chi connectivity index (χ0) is 30.6. The summed E-state index contributed by atoms with van der Waals surface area (Å²) in [6, 6.07) is 16.0. The van der Waals surface area contributed by atoms with Gasteiger partial charge >= 0.3 is 0 Å². The van der Waals surface area contributed by atoms with Crippen molar-refractivity contribution in [1.29, 1.82) is 0 Å². The van der Waals surface area contributed by atoms with Crippen LogP contribution in [0.25, 0.3) is 0 Å². The molecule has 2 bridgehead atoms. The lowest BCUT2D eigenvalue weighted by molar-refractivity contribution is -0.120. The Hall–Kier alpha value is -4.00. The first-order valence-corrected chi connectivity index (χ1v) is 15.5. The van der Waals surface area contributed by atoms with Gasteiger partial charge in [0.05, 0.1) is 40.0 Å². The molecule has 3 unspecified atom stereocenters. The van der Waals surface area contributed by atoms with Gasteiger partial charge in [-0.15, -0.1) is 0 Å². The molecule has 2 aromatic carbocycles. The Morgan fingerprint density at radius 2 is 1.59 bits per heavy atom. The number of hydrogen-bond donors (Lipinski definition) is 5. The minimum absolute atomic E-state index is 0.0601. The van der Waals surface area contributed by atoms with Gasteiger partial charge in [0.15, 0.2) is 0 Å². The number of methoxy groups -OCH3 is 1. The average Bonchev–Trinajstić information content (AvgIpc) is 3.66. The van der Waals surface area contributed by atoms with E-state index in [1.807, 2.05) is 48.5 Å². The topological polar surface area (TPSA) is 158 Å². The van der Waals surface area contributed by atoms with Crippen LogP contribution in [-0.2, 0) is 27.2 Å². The van der Waals surface area contributed by atoms with Crippen LogP contribution >= 0.6 is 0 Å². The van der Waals surface area contributed by atoms with Crippen molar-refractivity contribution in [3.05, 3.63) is 59.7 Å². The highest BCUT2D eigenvalue weighted by atomic mass is 16.5. The first kappa shape index (κ1) is 31.4. The van der Waals surface area contributed by atoms with Crippen molar-refractivity contribution in [2.45, 2.75) is 44.7 Å². The molecule has 12 nitrogen and oxygen atoms in total. The summed E-state index contributed by atoms with van der Waals surface area (Å²) in [5.41, 5.74) is 8.18. The van der Waals surface area contributed by atoms with Crippen LogP contribution in [0.1, 0.15) is 36.8 Å². The maximum Gasteiger partial charge on any atom is 0.233 e. The van der Waals surface area contributed by atoms with Crippen LogP contribution in [-0.4, -0.2) is 73.5 Å². The first-order valence-electron chi connectivity index (χ1n) is 15.5. The molecule has 1 aromatic heterocycles. The van der Waals surface area contributed by atoms with E-state index in [9.17, 15) is 4.79 Å². The second-order valence-electron chi connectivity index (χ2n) is 11.3. The number of amides is 1. The Balaban J connectivity index is 1.15. The number of fused-ring (bicyclic) bond motifs is 2. The lowest BCUT2D eigenvalue weighted by atomic mass is 9.95. The fourth-order valence-corrected chi connectivity index (χ4v) is 5.84. The van der Waals surface area contributed by atoms with Gasteiger partial charge in [-0.05, 0) is 66.5 Å². The van der Waals surface area contributed by atoms with Crippen LogP contribution in [0, 0.1) is 11.8 Å². The maximum absolute atomic E-state index is 12.4. The standard InChI is InChI=1S/C32H44N8O4/c1-42-27-10-5-23(6-11-27)21-35-30-38-31(40-32(39-30)37-28-19-24-2-7-25(28)18-24)36-26-8-3-22(4-9-26)20-29(41)34-13-15-44-17-16-43-14-12-33/h3-6,8-11,24-25,28H,2,7,12-21,33H2,1H3,(H,34,41)(H3,35,36,37,38,39,40). The number of ether oxygens (including phenoxy) is 3. The van der Waals surface area contributed by atoms with Crippen LogP contribution in [0.2, 0.25) is 0 Å². The van der Waals surface area contributed by atoms with Crippen molar-refractivity contribution in [1.82, 2.24) is 20.3 Å². The van der Waals surface area contributed by atoms with Gasteiger partial charge in [-0.2, -0.15) is 15.0 Å². The highest BCUT2D eigenvalue weighted by Gasteiger charge is 2.39. The predicted octanol–water partition coefficient (Wildman–Crippen LogP) is 3.49. The molecule has 1 heterocycles. The van der Waals surface area contributed by atoms with Gasteiger partial charge in [0.2, 0.25) is 23.8 Å². The summed E-state index contributed by atoms with van der Waals surface area (Å²) < 4.78 is 16.0. The van der Waals surface area contributed by atoms with Gasteiger partial charge in [-0.25, -0.2) is 0 Å². The number of rotatable bonds is 18. The number of aromatic nitrogens is 3. The molecule has 5 rings (SSSR count). The molecule has 3 aromatic rings. The number of hydrogen-bond acceptors (Lipinski definition) is 11. The molecule has 236 valence electrons. The lowest BCUT2D eigenvalue weighted by Crippen LogP contribution is -2.29. The third kappa shape index (κ3) is 9.50. The predicted molar refractivity (Wildman–Crippen MR) is 170 cm³/mol. The van der Waals surface area contributed by atoms with Crippen LogP contribution < -0.4 is 31.7 Å². The number of nitrogens with zero attached hydrogens (tertiary/aromatic N) is 3. The Morgan fingerprint density at radius 3 is 2.30 bits per heavy atom. The van der Waals surface area contributed by atoms with E-state index in [2.05, 4.69) is 26.3 Å². The molecular formula is C32H44N8O4. The maximum atomic E-state index is 12.4. The Labute approximate surface area is 258 Å². The van der Waals surface area contributed by atoms with Gasteiger partial charge in [-0.1, -0.05) is 30.7 Å². The van der Waals surface area contributed by atoms with Crippen LogP contribution in [0.15, 0.2) is 48.5 Å². The summed E-state index contributed by atoms with van der Waals surface area (Å²) in [5, 5.41) is 13.1. The molecular weight excluding hydrogens is 560 g/mol. The molecule has 2 aliphatic rings. The molecule has 0 radical (unpaired) electrons. The van der Waals surface area contributed by atoms with E-state index in [-0.39, 0.29) is 12.3 Å². The summed E-state index contributed by atoms with van der Waals surface area (Å²) in [4.78, 5) is 26.4. The van der Waals surface area contributed by atoms with E-state index >= 15 is 0 Å². The molecule has 2 fully saturated rings. The monoisotopic (exact) mass is 604 g/mol. The van der Waals surface area contributed by atoms with Gasteiger partial charge in [0, 0.05) is 31.4 Å². The van der Waals surface area contributed by atoms with Crippen molar-refractivity contribution in [3.8, 4) is 5.75 Å². The number of benzene rings is 2. The minimum atomic E-state index is -0.0601. The SMILES string of the molecule is COc1ccc(CNc2nc(Nc3ccc(CC(=O)NCCOCCOCCN)cc3)nc(NC3CC4CCC3C4)n2)cc1. The Kier molecular flexibility index (Phi) is 11.6. The van der Waals surface area contributed by atoms with E-state index in [1.165, 1.54) is 25.7 Å². The molecule has 0 saturated heterocycles. The number of anilines is 4. The fourth-order valence-electron chi connectivity index (χ4n) is 5.84. The summed E-state index contributed by atoms with van der Waals surface area (Å²) >= 11 is 0. The van der Waals surface area contributed by atoms with E-state index in [1.54, 1.807) is 7.11 Å². The summed E-state index contributed by atoms with van der Waals surface area (Å²) in [6.45, 7) is 3.43. The fraction of sp³-hybridized carbons (Fsp3) is 0.500. The second-order valence-corrected chi connectivity index (χ2v) is 11.3. The highest BCUT2D eigenvalue weighted by molar-refractivity contribution is 5.78. The van der Waals surface area contributed by atoms with Gasteiger partial charge in [-0.3, -0.25) is 4.79 Å². The number of nitrogens with one attached hydrogen (secondary N) is 4. The summed E-state index contributed by atoms with van der Waals surface area (Å²) in [7, 11) is 1.66. The van der Waals surface area contributed by atoms with Crippen molar-refractivity contribution in [2.24, 2.45) is 17.6 Å². The molecule has 1 amide bonds. The van der Waals surface area contributed by atoms with E-state index < -0.39 is 0 Å². The largest absolute Gasteiger partial charge is 0.497 e.